The summed E-state index contributed by atoms with van der Waals surface area (Å²) in [5.41, 5.74) is 6.59. The second-order valence-electron chi connectivity index (χ2n) is 3.13. The highest BCUT2D eigenvalue weighted by atomic mass is 32.2. The molecule has 0 radical (unpaired) electrons. The molecule has 0 aliphatic rings. The van der Waals surface area contributed by atoms with E-state index in [2.05, 4.69) is 9.97 Å². The molecule has 76 valence electrons. The van der Waals surface area contributed by atoms with Crippen LogP contribution in [-0.4, -0.2) is 9.97 Å². The number of benzene rings is 1. The Kier molecular flexibility index (Phi) is 2.87. The Balaban J connectivity index is 2.28. The van der Waals surface area contributed by atoms with E-state index in [1.165, 1.54) is 0 Å². The van der Waals surface area contributed by atoms with Gasteiger partial charge in [0.25, 0.3) is 0 Å². The molecule has 0 spiro atoms. The van der Waals surface area contributed by atoms with Crippen molar-refractivity contribution in [2.75, 3.05) is 5.73 Å². The van der Waals surface area contributed by atoms with Gasteiger partial charge >= 0.3 is 0 Å². The summed E-state index contributed by atoms with van der Waals surface area (Å²) >= 11 is 1.60. The van der Waals surface area contributed by atoms with Crippen molar-refractivity contribution in [3.8, 4) is 0 Å². The standard InChI is InChI=1S/C11H11N3S/c1-8-7-13-11(12)14-10(8)15-9-5-3-2-4-6-9/h2-7H,1H3,(H2,12,13,14). The molecule has 0 fully saturated rings. The van der Waals surface area contributed by atoms with Gasteiger partial charge in [0.15, 0.2) is 0 Å². The predicted octanol–water partition coefficient (Wildman–Crippen LogP) is 2.52. The van der Waals surface area contributed by atoms with Crippen LogP contribution in [0.25, 0.3) is 0 Å². The van der Waals surface area contributed by atoms with E-state index in [0.29, 0.717) is 5.95 Å². The van der Waals surface area contributed by atoms with Gasteiger partial charge in [-0.3, -0.25) is 0 Å². The molecular weight excluding hydrogens is 206 g/mol. The lowest BCUT2D eigenvalue weighted by atomic mass is 10.4. The topological polar surface area (TPSA) is 51.8 Å². The molecule has 2 N–H and O–H groups in total. The molecule has 2 aromatic rings. The molecule has 0 saturated heterocycles. The molecule has 15 heavy (non-hydrogen) atoms. The van der Waals surface area contributed by atoms with Crippen molar-refractivity contribution in [1.82, 2.24) is 9.97 Å². The second kappa shape index (κ2) is 4.31. The molecule has 0 aliphatic heterocycles. The largest absolute Gasteiger partial charge is 0.368 e. The maximum atomic E-state index is 5.55. The Hall–Kier alpha value is -1.55. The fourth-order valence-corrected chi connectivity index (χ4v) is 2.01. The van der Waals surface area contributed by atoms with Gasteiger partial charge in [-0.25, -0.2) is 9.97 Å². The molecule has 0 amide bonds. The van der Waals surface area contributed by atoms with Crippen LogP contribution in [-0.2, 0) is 0 Å². The summed E-state index contributed by atoms with van der Waals surface area (Å²) in [6, 6.07) is 10.1. The average molecular weight is 217 g/mol. The summed E-state index contributed by atoms with van der Waals surface area (Å²) in [5.74, 6) is 0.319. The summed E-state index contributed by atoms with van der Waals surface area (Å²) in [6.07, 6.45) is 1.74. The summed E-state index contributed by atoms with van der Waals surface area (Å²) in [6.45, 7) is 1.98. The lowest BCUT2D eigenvalue weighted by Crippen LogP contribution is -1.96. The molecule has 1 aromatic heterocycles. The van der Waals surface area contributed by atoms with E-state index in [1.54, 1.807) is 18.0 Å². The zero-order valence-electron chi connectivity index (χ0n) is 8.34. The first-order chi connectivity index (χ1) is 7.25. The predicted molar refractivity (Wildman–Crippen MR) is 61.7 cm³/mol. The number of aryl methyl sites for hydroxylation is 1. The quantitative estimate of drug-likeness (QED) is 0.785. The van der Waals surface area contributed by atoms with Crippen LogP contribution in [0.2, 0.25) is 0 Å². The zero-order chi connectivity index (χ0) is 10.7. The summed E-state index contributed by atoms with van der Waals surface area (Å²) in [7, 11) is 0. The molecule has 3 nitrogen and oxygen atoms in total. The van der Waals surface area contributed by atoms with E-state index >= 15 is 0 Å². The lowest BCUT2D eigenvalue weighted by molar-refractivity contribution is 1.02. The smallest absolute Gasteiger partial charge is 0.221 e. The van der Waals surface area contributed by atoms with Crippen LogP contribution in [0.5, 0.6) is 0 Å². The van der Waals surface area contributed by atoms with Crippen molar-refractivity contribution in [1.29, 1.82) is 0 Å². The van der Waals surface area contributed by atoms with E-state index in [-0.39, 0.29) is 0 Å². The van der Waals surface area contributed by atoms with Gasteiger partial charge in [0, 0.05) is 16.7 Å². The number of nitrogens with two attached hydrogens (primary N) is 1. The van der Waals surface area contributed by atoms with Gasteiger partial charge in [0.2, 0.25) is 5.95 Å². The number of nitrogens with zero attached hydrogens (tertiary/aromatic N) is 2. The van der Waals surface area contributed by atoms with Gasteiger partial charge < -0.3 is 5.73 Å². The molecule has 4 heteroatoms. The first kappa shape index (κ1) is 9.98. The lowest BCUT2D eigenvalue weighted by Gasteiger charge is -2.04. The second-order valence-corrected chi connectivity index (χ2v) is 4.19. The number of anilines is 1. The van der Waals surface area contributed by atoms with Crippen LogP contribution < -0.4 is 5.73 Å². The highest BCUT2D eigenvalue weighted by Gasteiger charge is 2.03. The summed E-state index contributed by atoms with van der Waals surface area (Å²) < 4.78 is 0. The summed E-state index contributed by atoms with van der Waals surface area (Å²) in [4.78, 5) is 9.28. The SMILES string of the molecule is Cc1cnc(N)nc1Sc1ccccc1. The molecule has 0 bridgehead atoms. The van der Waals surface area contributed by atoms with Crippen molar-refractivity contribution in [3.05, 3.63) is 42.1 Å². The number of aromatic nitrogens is 2. The van der Waals surface area contributed by atoms with Crippen LogP contribution in [0.15, 0.2) is 46.5 Å². The third kappa shape index (κ3) is 2.47. The minimum absolute atomic E-state index is 0.319. The van der Waals surface area contributed by atoms with Crippen molar-refractivity contribution >= 4 is 17.7 Å². The molecule has 1 heterocycles. The van der Waals surface area contributed by atoms with Gasteiger partial charge in [-0.15, -0.1) is 0 Å². The number of hydrogen-bond acceptors (Lipinski definition) is 4. The molecule has 0 atom stereocenters. The molecule has 1 aromatic carbocycles. The van der Waals surface area contributed by atoms with Crippen molar-refractivity contribution in [2.24, 2.45) is 0 Å². The van der Waals surface area contributed by atoms with Crippen molar-refractivity contribution < 1.29 is 0 Å². The Bertz CT molecular complexity index is 457. The zero-order valence-corrected chi connectivity index (χ0v) is 9.16. The Morgan fingerprint density at radius 2 is 1.93 bits per heavy atom. The molecule has 0 saturated carbocycles. The van der Waals surface area contributed by atoms with Crippen LogP contribution in [0.1, 0.15) is 5.56 Å². The third-order valence-electron chi connectivity index (χ3n) is 1.90. The van der Waals surface area contributed by atoms with E-state index in [1.807, 2.05) is 37.3 Å². The van der Waals surface area contributed by atoms with Gasteiger partial charge in [-0.05, 0) is 19.1 Å². The first-order valence-electron chi connectivity index (χ1n) is 4.58. The monoisotopic (exact) mass is 217 g/mol. The molecular formula is C11H11N3S. The van der Waals surface area contributed by atoms with E-state index in [4.69, 9.17) is 5.73 Å². The highest BCUT2D eigenvalue weighted by molar-refractivity contribution is 7.99. The van der Waals surface area contributed by atoms with Crippen LogP contribution >= 0.6 is 11.8 Å². The minimum atomic E-state index is 0.319. The Labute approximate surface area is 92.8 Å². The minimum Gasteiger partial charge on any atom is -0.368 e. The van der Waals surface area contributed by atoms with Crippen LogP contribution in [0.4, 0.5) is 5.95 Å². The summed E-state index contributed by atoms with van der Waals surface area (Å²) in [5, 5.41) is 0.911. The number of hydrogen-bond donors (Lipinski definition) is 1. The van der Waals surface area contributed by atoms with Crippen LogP contribution in [0.3, 0.4) is 0 Å². The van der Waals surface area contributed by atoms with Crippen molar-refractivity contribution in [2.45, 2.75) is 16.8 Å². The molecule has 0 aliphatic carbocycles. The number of rotatable bonds is 2. The average Bonchev–Trinajstić information content (AvgIpc) is 2.25. The van der Waals surface area contributed by atoms with E-state index < -0.39 is 0 Å². The fraction of sp³-hybridized carbons (Fsp3) is 0.0909. The molecule has 2 rings (SSSR count). The van der Waals surface area contributed by atoms with Gasteiger partial charge in [-0.2, -0.15) is 0 Å². The fourth-order valence-electron chi connectivity index (χ4n) is 1.14. The maximum absolute atomic E-state index is 5.55. The Morgan fingerprint density at radius 1 is 1.20 bits per heavy atom. The van der Waals surface area contributed by atoms with E-state index in [0.717, 1.165) is 15.5 Å². The van der Waals surface area contributed by atoms with Gasteiger partial charge in [0.05, 0.1) is 0 Å². The van der Waals surface area contributed by atoms with Crippen molar-refractivity contribution in [3.63, 3.8) is 0 Å². The highest BCUT2D eigenvalue weighted by Crippen LogP contribution is 2.27. The normalized spacial score (nSPS) is 10.2. The number of nitrogen functional groups attached to an aromatic ring is 1. The van der Waals surface area contributed by atoms with Gasteiger partial charge in [0.1, 0.15) is 5.03 Å². The third-order valence-corrected chi connectivity index (χ3v) is 3.02. The maximum Gasteiger partial charge on any atom is 0.221 e. The first-order valence-corrected chi connectivity index (χ1v) is 5.39. The molecule has 0 unspecified atom stereocenters. The van der Waals surface area contributed by atoms with Gasteiger partial charge in [-0.1, -0.05) is 30.0 Å². The Morgan fingerprint density at radius 3 is 2.67 bits per heavy atom. The van der Waals surface area contributed by atoms with E-state index in [9.17, 15) is 0 Å². The van der Waals surface area contributed by atoms with Crippen LogP contribution in [0, 0.1) is 6.92 Å².